The van der Waals surface area contributed by atoms with E-state index in [-0.39, 0.29) is 6.61 Å². The largest absolute Gasteiger partial charge is 0.394 e. The SMILES string of the molecule is CCCNC(CSCC(O)CO)c1ccc(C)c(C)c1. The summed E-state index contributed by atoms with van der Waals surface area (Å²) in [5, 5.41) is 21.8. The molecule has 0 aliphatic rings. The molecule has 0 heterocycles. The van der Waals surface area contributed by atoms with Crippen molar-refractivity contribution in [2.45, 2.75) is 39.3 Å². The smallest absolute Gasteiger partial charge is 0.0861 e. The first-order valence-electron chi connectivity index (χ1n) is 7.25. The van der Waals surface area contributed by atoms with E-state index in [0.717, 1.165) is 18.7 Å². The van der Waals surface area contributed by atoms with Gasteiger partial charge in [0.1, 0.15) is 0 Å². The normalized spacial score (nSPS) is 14.2. The second-order valence-electron chi connectivity index (χ2n) is 5.22. The lowest BCUT2D eigenvalue weighted by molar-refractivity contribution is 0.113. The van der Waals surface area contributed by atoms with Crippen molar-refractivity contribution in [2.75, 3.05) is 24.7 Å². The molecule has 20 heavy (non-hydrogen) atoms. The second-order valence-corrected chi connectivity index (χ2v) is 6.30. The molecule has 3 nitrogen and oxygen atoms in total. The van der Waals surface area contributed by atoms with Crippen LogP contribution < -0.4 is 5.32 Å². The zero-order chi connectivity index (χ0) is 15.0. The van der Waals surface area contributed by atoms with Gasteiger partial charge in [0.05, 0.1) is 12.7 Å². The van der Waals surface area contributed by atoms with Crippen molar-refractivity contribution in [2.24, 2.45) is 0 Å². The number of benzene rings is 1. The van der Waals surface area contributed by atoms with Gasteiger partial charge in [-0.25, -0.2) is 0 Å². The second kappa shape index (κ2) is 9.40. The minimum absolute atomic E-state index is 0.163. The van der Waals surface area contributed by atoms with Crippen molar-refractivity contribution in [3.8, 4) is 0 Å². The molecule has 1 aromatic rings. The molecule has 2 atom stereocenters. The van der Waals surface area contributed by atoms with Crippen LogP contribution in [0.2, 0.25) is 0 Å². The van der Waals surface area contributed by atoms with Crippen molar-refractivity contribution in [1.29, 1.82) is 0 Å². The number of rotatable bonds is 9. The van der Waals surface area contributed by atoms with Crippen molar-refractivity contribution in [3.63, 3.8) is 0 Å². The molecule has 0 aliphatic carbocycles. The van der Waals surface area contributed by atoms with Crippen LogP contribution in [0, 0.1) is 13.8 Å². The zero-order valence-electron chi connectivity index (χ0n) is 12.7. The predicted molar refractivity (Wildman–Crippen MR) is 87.4 cm³/mol. The molecule has 114 valence electrons. The number of thioether (sulfide) groups is 1. The van der Waals surface area contributed by atoms with Crippen molar-refractivity contribution >= 4 is 11.8 Å². The minimum atomic E-state index is -0.619. The van der Waals surface area contributed by atoms with E-state index in [1.807, 2.05) is 0 Å². The van der Waals surface area contributed by atoms with Crippen LogP contribution in [0.4, 0.5) is 0 Å². The topological polar surface area (TPSA) is 52.5 Å². The van der Waals surface area contributed by atoms with Crippen molar-refractivity contribution in [1.82, 2.24) is 5.32 Å². The highest BCUT2D eigenvalue weighted by Gasteiger charge is 2.12. The lowest BCUT2D eigenvalue weighted by atomic mass is 10.0. The van der Waals surface area contributed by atoms with Gasteiger partial charge in [0.25, 0.3) is 0 Å². The van der Waals surface area contributed by atoms with Gasteiger partial charge in [-0.3, -0.25) is 0 Å². The third kappa shape index (κ3) is 5.83. The van der Waals surface area contributed by atoms with Crippen LogP contribution >= 0.6 is 11.8 Å². The summed E-state index contributed by atoms with van der Waals surface area (Å²) in [6, 6.07) is 6.88. The number of aryl methyl sites for hydroxylation is 2. The van der Waals surface area contributed by atoms with Crippen molar-refractivity contribution < 1.29 is 10.2 Å². The Morgan fingerprint density at radius 2 is 1.95 bits per heavy atom. The fraction of sp³-hybridized carbons (Fsp3) is 0.625. The fourth-order valence-electron chi connectivity index (χ4n) is 1.95. The van der Waals surface area contributed by atoms with E-state index in [1.165, 1.54) is 16.7 Å². The lowest BCUT2D eigenvalue weighted by Gasteiger charge is -2.20. The van der Waals surface area contributed by atoms with E-state index in [1.54, 1.807) is 11.8 Å². The van der Waals surface area contributed by atoms with E-state index >= 15 is 0 Å². The van der Waals surface area contributed by atoms with Gasteiger partial charge in [-0.05, 0) is 43.5 Å². The van der Waals surface area contributed by atoms with E-state index in [0.29, 0.717) is 11.8 Å². The zero-order valence-corrected chi connectivity index (χ0v) is 13.5. The summed E-state index contributed by atoms with van der Waals surface area (Å²) in [7, 11) is 0. The molecule has 0 saturated heterocycles. The van der Waals surface area contributed by atoms with Gasteiger partial charge in [-0.2, -0.15) is 11.8 Å². The molecule has 0 saturated carbocycles. The van der Waals surface area contributed by atoms with Gasteiger partial charge in [0, 0.05) is 17.5 Å². The molecule has 0 aromatic heterocycles. The molecule has 0 amide bonds. The quantitative estimate of drug-likeness (QED) is 0.655. The number of nitrogens with one attached hydrogen (secondary N) is 1. The van der Waals surface area contributed by atoms with Crippen LogP contribution in [0.3, 0.4) is 0 Å². The Bertz CT molecular complexity index is 398. The van der Waals surface area contributed by atoms with Crippen molar-refractivity contribution in [3.05, 3.63) is 34.9 Å². The maximum atomic E-state index is 9.41. The Labute approximate surface area is 126 Å². The highest BCUT2D eigenvalue weighted by atomic mass is 32.2. The number of hydrogen-bond donors (Lipinski definition) is 3. The number of aliphatic hydroxyl groups excluding tert-OH is 2. The van der Waals surface area contributed by atoms with Crippen LogP contribution in [0.25, 0.3) is 0 Å². The van der Waals surface area contributed by atoms with Gasteiger partial charge in [0.2, 0.25) is 0 Å². The maximum absolute atomic E-state index is 9.41. The first-order valence-corrected chi connectivity index (χ1v) is 8.41. The lowest BCUT2D eigenvalue weighted by Crippen LogP contribution is -2.25. The standard InChI is InChI=1S/C16H27NO2S/c1-4-7-17-16(11-20-10-15(19)9-18)14-6-5-12(2)13(3)8-14/h5-6,8,15-19H,4,7,9-11H2,1-3H3. The van der Waals surface area contributed by atoms with E-state index < -0.39 is 6.10 Å². The molecular weight excluding hydrogens is 270 g/mol. The Kier molecular flexibility index (Phi) is 8.22. The molecule has 0 radical (unpaired) electrons. The third-order valence-corrected chi connectivity index (χ3v) is 4.57. The molecule has 4 heteroatoms. The highest BCUT2D eigenvalue weighted by Crippen LogP contribution is 2.21. The van der Waals surface area contributed by atoms with Gasteiger partial charge in [0.15, 0.2) is 0 Å². The average molecular weight is 297 g/mol. The first kappa shape index (κ1) is 17.5. The van der Waals surface area contributed by atoms with E-state index in [4.69, 9.17) is 5.11 Å². The summed E-state index contributed by atoms with van der Waals surface area (Å²) in [5.41, 5.74) is 3.92. The summed E-state index contributed by atoms with van der Waals surface area (Å²) in [6.45, 7) is 7.25. The Balaban J connectivity index is 2.64. The molecule has 0 fully saturated rings. The molecule has 0 aliphatic heterocycles. The van der Waals surface area contributed by atoms with Crippen LogP contribution in [-0.4, -0.2) is 41.0 Å². The molecule has 3 N–H and O–H groups in total. The molecule has 1 rings (SSSR count). The fourth-order valence-corrected chi connectivity index (χ4v) is 3.01. The van der Waals surface area contributed by atoms with Crippen LogP contribution in [0.1, 0.15) is 36.1 Å². The van der Waals surface area contributed by atoms with Crippen LogP contribution in [-0.2, 0) is 0 Å². The van der Waals surface area contributed by atoms with Gasteiger partial charge in [-0.15, -0.1) is 0 Å². The van der Waals surface area contributed by atoms with Gasteiger partial charge >= 0.3 is 0 Å². The van der Waals surface area contributed by atoms with E-state index in [2.05, 4.69) is 44.3 Å². The van der Waals surface area contributed by atoms with E-state index in [9.17, 15) is 5.11 Å². The number of aliphatic hydroxyl groups is 2. The minimum Gasteiger partial charge on any atom is -0.394 e. The molecule has 0 bridgehead atoms. The van der Waals surface area contributed by atoms with Gasteiger partial charge in [-0.1, -0.05) is 25.1 Å². The molecule has 1 aromatic carbocycles. The van der Waals surface area contributed by atoms with Crippen LogP contribution in [0.5, 0.6) is 0 Å². The summed E-state index contributed by atoms with van der Waals surface area (Å²) >= 11 is 1.68. The summed E-state index contributed by atoms with van der Waals surface area (Å²) in [6.07, 6.45) is 0.484. The first-order chi connectivity index (χ1) is 9.58. The summed E-state index contributed by atoms with van der Waals surface area (Å²) in [5.74, 6) is 1.48. The summed E-state index contributed by atoms with van der Waals surface area (Å²) in [4.78, 5) is 0. The summed E-state index contributed by atoms with van der Waals surface area (Å²) < 4.78 is 0. The monoisotopic (exact) mass is 297 g/mol. The average Bonchev–Trinajstić information content (AvgIpc) is 2.45. The predicted octanol–water partition coefficient (Wildman–Crippen LogP) is 2.43. The van der Waals surface area contributed by atoms with Crippen LogP contribution in [0.15, 0.2) is 18.2 Å². The maximum Gasteiger partial charge on any atom is 0.0861 e. The number of hydrogen-bond acceptors (Lipinski definition) is 4. The third-order valence-electron chi connectivity index (χ3n) is 3.38. The Morgan fingerprint density at radius 3 is 2.55 bits per heavy atom. The Morgan fingerprint density at radius 1 is 1.20 bits per heavy atom. The molecule has 2 unspecified atom stereocenters. The molecular formula is C16H27NO2S. The highest BCUT2D eigenvalue weighted by molar-refractivity contribution is 7.99. The molecule has 0 spiro atoms. The Hall–Kier alpha value is -0.550. The van der Waals surface area contributed by atoms with Gasteiger partial charge < -0.3 is 15.5 Å².